The van der Waals surface area contributed by atoms with E-state index in [-0.39, 0.29) is 18.4 Å². The summed E-state index contributed by atoms with van der Waals surface area (Å²) in [7, 11) is 0. The van der Waals surface area contributed by atoms with Crippen LogP contribution in [0.2, 0.25) is 0 Å². The van der Waals surface area contributed by atoms with Gasteiger partial charge < -0.3 is 20.7 Å². The Hall–Kier alpha value is -1.14. The molecule has 1 atom stereocenters. The van der Waals surface area contributed by atoms with E-state index in [0.29, 0.717) is 32.7 Å². The van der Waals surface area contributed by atoms with Gasteiger partial charge in [0.25, 0.3) is 0 Å². The summed E-state index contributed by atoms with van der Waals surface area (Å²) < 4.78 is 5.14. The second-order valence-corrected chi connectivity index (χ2v) is 4.11. The van der Waals surface area contributed by atoms with E-state index in [0.717, 1.165) is 6.42 Å². The molecule has 17 heavy (non-hydrogen) atoms. The van der Waals surface area contributed by atoms with Crippen molar-refractivity contribution in [1.29, 1.82) is 0 Å². The highest BCUT2D eigenvalue weighted by atomic mass is 16.5. The minimum absolute atomic E-state index is 0.0241. The molecule has 1 rings (SSSR count). The maximum atomic E-state index is 11.7. The summed E-state index contributed by atoms with van der Waals surface area (Å²) in [5, 5.41) is 2.57. The lowest BCUT2D eigenvalue weighted by Crippen LogP contribution is -2.48. The first kappa shape index (κ1) is 13.9. The molecule has 0 spiro atoms. The van der Waals surface area contributed by atoms with Gasteiger partial charge in [0.05, 0.1) is 25.8 Å². The zero-order valence-electron chi connectivity index (χ0n) is 10.3. The molecule has 1 heterocycles. The van der Waals surface area contributed by atoms with Crippen LogP contribution in [0.25, 0.3) is 0 Å². The predicted octanol–water partition coefficient (Wildman–Crippen LogP) is -0.911. The zero-order valence-corrected chi connectivity index (χ0v) is 10.3. The number of morpholine rings is 1. The molecule has 6 heteroatoms. The first-order chi connectivity index (χ1) is 8.15. The van der Waals surface area contributed by atoms with Crippen LogP contribution in [0.1, 0.15) is 19.8 Å². The van der Waals surface area contributed by atoms with Crippen molar-refractivity contribution in [2.75, 3.05) is 32.8 Å². The number of nitrogens with zero attached hydrogens (tertiary/aromatic N) is 1. The van der Waals surface area contributed by atoms with Gasteiger partial charge in [-0.25, -0.2) is 0 Å². The fourth-order valence-electron chi connectivity index (χ4n) is 1.66. The number of ether oxygens (including phenoxy) is 1. The number of carbonyl (C=O) groups excluding carboxylic acids is 2. The van der Waals surface area contributed by atoms with E-state index >= 15 is 0 Å². The zero-order chi connectivity index (χ0) is 12.7. The smallest absolute Gasteiger partial charge is 0.242 e. The molecule has 0 bridgehead atoms. The minimum Gasteiger partial charge on any atom is -0.378 e. The van der Waals surface area contributed by atoms with E-state index in [9.17, 15) is 9.59 Å². The first-order valence-corrected chi connectivity index (χ1v) is 6.04. The van der Waals surface area contributed by atoms with Crippen LogP contribution in [0.15, 0.2) is 0 Å². The van der Waals surface area contributed by atoms with Gasteiger partial charge in [-0.3, -0.25) is 9.59 Å². The lowest BCUT2D eigenvalue weighted by atomic mass is 10.2. The molecule has 1 fully saturated rings. The Morgan fingerprint density at radius 2 is 2.06 bits per heavy atom. The highest BCUT2D eigenvalue weighted by molar-refractivity contribution is 5.87. The lowest BCUT2D eigenvalue weighted by Gasteiger charge is -2.27. The molecule has 98 valence electrons. The molecule has 0 aromatic heterocycles. The van der Waals surface area contributed by atoms with Gasteiger partial charge in [-0.2, -0.15) is 0 Å². The summed E-state index contributed by atoms with van der Waals surface area (Å²) in [6, 6.07) is -0.516. The van der Waals surface area contributed by atoms with Crippen LogP contribution in [0.3, 0.4) is 0 Å². The summed E-state index contributed by atoms with van der Waals surface area (Å²) in [5.74, 6) is -0.334. The number of hydrogen-bond donors (Lipinski definition) is 2. The minimum atomic E-state index is -0.516. The molecule has 0 saturated carbocycles. The Morgan fingerprint density at radius 3 is 2.65 bits per heavy atom. The van der Waals surface area contributed by atoms with Crippen molar-refractivity contribution in [1.82, 2.24) is 10.2 Å². The summed E-state index contributed by atoms with van der Waals surface area (Å²) in [6.45, 7) is 4.30. The molecule has 0 aromatic rings. The number of nitrogens with one attached hydrogen (secondary N) is 1. The third-order valence-corrected chi connectivity index (χ3v) is 2.71. The van der Waals surface area contributed by atoms with E-state index in [4.69, 9.17) is 10.5 Å². The van der Waals surface area contributed by atoms with Crippen LogP contribution in [0.5, 0.6) is 0 Å². The Balaban J connectivity index is 2.24. The van der Waals surface area contributed by atoms with E-state index in [1.807, 2.05) is 6.92 Å². The molecule has 6 nitrogen and oxygen atoms in total. The van der Waals surface area contributed by atoms with Gasteiger partial charge in [-0.05, 0) is 6.42 Å². The molecule has 1 saturated heterocycles. The fraction of sp³-hybridized carbons (Fsp3) is 0.818. The lowest BCUT2D eigenvalue weighted by molar-refractivity contribution is -0.136. The van der Waals surface area contributed by atoms with Gasteiger partial charge in [0.15, 0.2) is 0 Å². The van der Waals surface area contributed by atoms with Gasteiger partial charge in [0.1, 0.15) is 0 Å². The Kier molecular flexibility index (Phi) is 5.93. The topological polar surface area (TPSA) is 84.7 Å². The van der Waals surface area contributed by atoms with E-state index in [2.05, 4.69) is 5.32 Å². The second kappa shape index (κ2) is 7.24. The summed E-state index contributed by atoms with van der Waals surface area (Å²) in [4.78, 5) is 24.9. The van der Waals surface area contributed by atoms with E-state index in [1.54, 1.807) is 4.90 Å². The van der Waals surface area contributed by atoms with Crippen LogP contribution < -0.4 is 11.1 Å². The maximum Gasteiger partial charge on any atom is 0.242 e. The predicted molar refractivity (Wildman–Crippen MR) is 63.3 cm³/mol. The maximum absolute atomic E-state index is 11.7. The van der Waals surface area contributed by atoms with Crippen molar-refractivity contribution < 1.29 is 14.3 Å². The number of amides is 2. The van der Waals surface area contributed by atoms with Gasteiger partial charge >= 0.3 is 0 Å². The number of nitrogens with two attached hydrogens (primary N) is 1. The SMILES string of the molecule is CCC[C@@H](N)C(=O)NCC(=O)N1CCOCC1. The van der Waals surface area contributed by atoms with Crippen LogP contribution in [-0.4, -0.2) is 55.6 Å². The van der Waals surface area contributed by atoms with Gasteiger partial charge in [-0.15, -0.1) is 0 Å². The normalized spacial score (nSPS) is 17.6. The standard InChI is InChI=1S/C11H21N3O3/c1-2-3-9(12)11(16)13-8-10(15)14-4-6-17-7-5-14/h9H,2-8,12H2,1H3,(H,13,16)/t9-/m1/s1. The average Bonchev–Trinajstić information content (AvgIpc) is 2.36. The quantitative estimate of drug-likeness (QED) is 0.654. The van der Waals surface area contributed by atoms with E-state index in [1.165, 1.54) is 0 Å². The van der Waals surface area contributed by atoms with Crippen LogP contribution in [0.4, 0.5) is 0 Å². The van der Waals surface area contributed by atoms with Gasteiger partial charge in [0.2, 0.25) is 11.8 Å². The van der Waals surface area contributed by atoms with Crippen molar-refractivity contribution in [3.8, 4) is 0 Å². The monoisotopic (exact) mass is 243 g/mol. The summed E-state index contributed by atoms with van der Waals surface area (Å²) in [5.41, 5.74) is 5.64. The summed E-state index contributed by atoms with van der Waals surface area (Å²) in [6.07, 6.45) is 1.49. The Labute approximate surface area is 101 Å². The molecule has 0 unspecified atom stereocenters. The molecule has 0 aliphatic carbocycles. The highest BCUT2D eigenvalue weighted by Crippen LogP contribution is 1.97. The molecular weight excluding hydrogens is 222 g/mol. The molecule has 1 aliphatic rings. The van der Waals surface area contributed by atoms with Gasteiger partial charge in [0, 0.05) is 13.1 Å². The van der Waals surface area contributed by atoms with E-state index < -0.39 is 6.04 Å². The molecular formula is C11H21N3O3. The van der Waals surface area contributed by atoms with Crippen LogP contribution in [0, 0.1) is 0 Å². The molecule has 0 aromatic carbocycles. The van der Waals surface area contributed by atoms with Crippen molar-refractivity contribution >= 4 is 11.8 Å². The van der Waals surface area contributed by atoms with Crippen LogP contribution in [-0.2, 0) is 14.3 Å². The second-order valence-electron chi connectivity index (χ2n) is 4.11. The third kappa shape index (κ3) is 4.70. The first-order valence-electron chi connectivity index (χ1n) is 6.04. The number of carbonyl (C=O) groups is 2. The molecule has 3 N–H and O–H groups in total. The molecule has 2 amide bonds. The largest absolute Gasteiger partial charge is 0.378 e. The van der Waals surface area contributed by atoms with Crippen molar-refractivity contribution in [2.45, 2.75) is 25.8 Å². The Bertz CT molecular complexity index is 265. The van der Waals surface area contributed by atoms with Crippen molar-refractivity contribution in [3.63, 3.8) is 0 Å². The van der Waals surface area contributed by atoms with Crippen molar-refractivity contribution in [3.05, 3.63) is 0 Å². The molecule has 0 radical (unpaired) electrons. The van der Waals surface area contributed by atoms with Crippen LogP contribution >= 0.6 is 0 Å². The van der Waals surface area contributed by atoms with Crippen molar-refractivity contribution in [2.24, 2.45) is 5.73 Å². The highest BCUT2D eigenvalue weighted by Gasteiger charge is 2.18. The third-order valence-electron chi connectivity index (χ3n) is 2.71. The fourth-order valence-corrected chi connectivity index (χ4v) is 1.66. The summed E-state index contributed by atoms with van der Waals surface area (Å²) >= 11 is 0. The molecule has 1 aliphatic heterocycles. The van der Waals surface area contributed by atoms with Gasteiger partial charge in [-0.1, -0.05) is 13.3 Å². The Morgan fingerprint density at radius 1 is 1.41 bits per heavy atom. The average molecular weight is 243 g/mol. The number of hydrogen-bond acceptors (Lipinski definition) is 4. The number of rotatable bonds is 5.